The van der Waals surface area contributed by atoms with Crippen LogP contribution < -0.4 is 11.2 Å². The number of hydrogen-bond acceptors (Lipinski definition) is 4. The lowest BCUT2D eigenvalue weighted by molar-refractivity contribution is 0.708. The molecule has 6 nitrogen and oxygen atoms in total. The lowest BCUT2D eigenvalue weighted by atomic mass is 10.3. The molecule has 1 N–H and O–H groups in total. The third-order valence-corrected chi connectivity index (χ3v) is 3.93. The molecule has 0 fully saturated rings. The maximum Gasteiger partial charge on any atom is 0.332 e. The van der Waals surface area contributed by atoms with E-state index in [1.165, 1.54) is 11.6 Å². The Morgan fingerprint density at radius 2 is 1.94 bits per heavy atom. The molecule has 2 heterocycles. The van der Waals surface area contributed by atoms with Crippen molar-refractivity contribution < 1.29 is 0 Å². The fourth-order valence-electron chi connectivity index (χ4n) is 1.62. The average molecular weight is 268 g/mol. The van der Waals surface area contributed by atoms with E-state index < -0.39 is 0 Å². The summed E-state index contributed by atoms with van der Waals surface area (Å²) in [5.41, 5.74) is 0.0941. The molecule has 0 aliphatic carbocycles. The molecule has 0 aliphatic heterocycles. The Balaban J connectivity index is 2.58. The molecule has 0 atom stereocenters. The molecule has 7 heteroatoms. The van der Waals surface area contributed by atoms with Gasteiger partial charge in [-0.1, -0.05) is 25.6 Å². The van der Waals surface area contributed by atoms with Crippen LogP contribution >= 0.6 is 11.8 Å². The van der Waals surface area contributed by atoms with E-state index in [1.54, 1.807) is 18.8 Å². The second kappa shape index (κ2) is 4.64. The number of aryl methyl sites for hydroxylation is 1. The minimum atomic E-state index is -0.362. The first-order chi connectivity index (χ1) is 8.41. The lowest BCUT2D eigenvalue weighted by Crippen LogP contribution is -2.36. The lowest BCUT2D eigenvalue weighted by Gasteiger charge is -2.00. The second-order valence-electron chi connectivity index (χ2n) is 4.65. The molecule has 2 aromatic rings. The molecule has 18 heavy (non-hydrogen) atoms. The van der Waals surface area contributed by atoms with Crippen molar-refractivity contribution >= 4 is 22.9 Å². The van der Waals surface area contributed by atoms with Crippen molar-refractivity contribution in [3.8, 4) is 0 Å². The highest BCUT2D eigenvalue weighted by molar-refractivity contribution is 7.99. The molecule has 2 aromatic heterocycles. The van der Waals surface area contributed by atoms with Crippen LogP contribution in [0.4, 0.5) is 0 Å². The van der Waals surface area contributed by atoms with E-state index in [4.69, 9.17) is 0 Å². The predicted octanol–water partition coefficient (Wildman–Crippen LogP) is 0.708. The van der Waals surface area contributed by atoms with Crippen LogP contribution in [0.15, 0.2) is 14.7 Å². The van der Waals surface area contributed by atoms with Gasteiger partial charge >= 0.3 is 5.69 Å². The molecule has 0 spiro atoms. The molecule has 98 valence electrons. The van der Waals surface area contributed by atoms with Crippen LogP contribution in [0.3, 0.4) is 0 Å². The van der Waals surface area contributed by atoms with Crippen LogP contribution in [0.1, 0.15) is 13.8 Å². The summed E-state index contributed by atoms with van der Waals surface area (Å²) in [5, 5.41) is 0.678. The molecule has 2 rings (SSSR count). The fraction of sp³-hybridized carbons (Fsp3) is 0.545. The minimum absolute atomic E-state index is 0.336. The molecular formula is C11H16N4O2S. The number of hydrogen-bond donors (Lipinski definition) is 1. The zero-order chi connectivity index (χ0) is 13.4. The standard InChI is InChI=1S/C11H16N4O2S/c1-6(2)5-18-10-12-7-8(13-10)14(3)11(17)15(4)9(7)16/h6H,5H2,1-4H3,(H,12,13). The van der Waals surface area contributed by atoms with Gasteiger partial charge in [0.1, 0.15) is 0 Å². The summed E-state index contributed by atoms with van der Waals surface area (Å²) in [5.74, 6) is 1.45. The quantitative estimate of drug-likeness (QED) is 0.832. The monoisotopic (exact) mass is 268 g/mol. The molecule has 0 saturated heterocycles. The van der Waals surface area contributed by atoms with E-state index in [1.807, 2.05) is 0 Å². The number of H-pyrrole nitrogens is 1. The Hall–Kier alpha value is -1.50. The van der Waals surface area contributed by atoms with Crippen LogP contribution in [-0.4, -0.2) is 24.9 Å². The van der Waals surface area contributed by atoms with Gasteiger partial charge in [-0.15, -0.1) is 0 Å². The van der Waals surface area contributed by atoms with Gasteiger partial charge in [0.05, 0.1) is 0 Å². The summed E-state index contributed by atoms with van der Waals surface area (Å²) >= 11 is 1.55. The van der Waals surface area contributed by atoms with Crippen LogP contribution in [0.25, 0.3) is 11.2 Å². The highest BCUT2D eigenvalue weighted by Crippen LogP contribution is 2.18. The topological polar surface area (TPSA) is 72.7 Å². The Kier molecular flexibility index (Phi) is 3.34. The number of aromatic nitrogens is 4. The normalized spacial score (nSPS) is 11.6. The maximum atomic E-state index is 11.9. The smallest absolute Gasteiger partial charge is 0.327 e. The predicted molar refractivity (Wildman–Crippen MR) is 72.1 cm³/mol. The van der Waals surface area contributed by atoms with E-state index in [9.17, 15) is 9.59 Å². The van der Waals surface area contributed by atoms with Crippen molar-refractivity contribution in [3.63, 3.8) is 0 Å². The van der Waals surface area contributed by atoms with Gasteiger partial charge < -0.3 is 4.98 Å². The van der Waals surface area contributed by atoms with Gasteiger partial charge in [-0.3, -0.25) is 13.9 Å². The molecule has 0 amide bonds. The highest BCUT2D eigenvalue weighted by Gasteiger charge is 2.13. The minimum Gasteiger partial charge on any atom is -0.327 e. The van der Waals surface area contributed by atoms with Crippen LogP contribution in [0.5, 0.6) is 0 Å². The maximum absolute atomic E-state index is 11.9. The zero-order valence-electron chi connectivity index (χ0n) is 10.9. The van der Waals surface area contributed by atoms with Crippen molar-refractivity contribution in [1.82, 2.24) is 19.1 Å². The SMILES string of the molecule is CC(C)CSc1nc2c([nH]1)c(=O)n(C)c(=O)n2C. The summed E-state index contributed by atoms with van der Waals surface area (Å²) in [4.78, 5) is 31.0. The van der Waals surface area contributed by atoms with E-state index in [-0.39, 0.29) is 11.2 Å². The molecule has 0 saturated carbocycles. The Bertz CT molecular complexity index is 695. The van der Waals surface area contributed by atoms with Gasteiger partial charge in [0, 0.05) is 19.8 Å². The molecule has 0 aliphatic rings. The van der Waals surface area contributed by atoms with Crippen molar-refractivity contribution in [2.75, 3.05) is 5.75 Å². The average Bonchev–Trinajstić information content (AvgIpc) is 2.75. The zero-order valence-corrected chi connectivity index (χ0v) is 11.7. The molecule has 0 bridgehead atoms. The number of imidazole rings is 1. The third kappa shape index (κ3) is 2.10. The molecular weight excluding hydrogens is 252 g/mol. The largest absolute Gasteiger partial charge is 0.332 e. The highest BCUT2D eigenvalue weighted by atomic mass is 32.2. The van der Waals surface area contributed by atoms with Crippen LogP contribution in [-0.2, 0) is 14.1 Å². The van der Waals surface area contributed by atoms with Crippen molar-refractivity contribution in [2.45, 2.75) is 19.0 Å². The summed E-state index contributed by atoms with van der Waals surface area (Å²) in [7, 11) is 3.08. The first kappa shape index (κ1) is 12.9. The third-order valence-electron chi connectivity index (χ3n) is 2.63. The number of rotatable bonds is 3. The van der Waals surface area contributed by atoms with E-state index in [0.29, 0.717) is 22.2 Å². The fourth-order valence-corrected chi connectivity index (χ4v) is 2.44. The van der Waals surface area contributed by atoms with E-state index in [0.717, 1.165) is 10.3 Å². The van der Waals surface area contributed by atoms with Crippen molar-refractivity contribution in [3.05, 3.63) is 20.8 Å². The number of nitrogens with zero attached hydrogens (tertiary/aromatic N) is 3. The van der Waals surface area contributed by atoms with Crippen LogP contribution in [0, 0.1) is 5.92 Å². The first-order valence-corrected chi connectivity index (χ1v) is 6.69. The van der Waals surface area contributed by atoms with E-state index in [2.05, 4.69) is 23.8 Å². The molecule has 0 unspecified atom stereocenters. The van der Waals surface area contributed by atoms with Gasteiger partial charge in [0.15, 0.2) is 16.3 Å². The Morgan fingerprint density at radius 1 is 1.28 bits per heavy atom. The summed E-state index contributed by atoms with van der Waals surface area (Å²) < 4.78 is 2.46. The molecule has 0 aromatic carbocycles. The van der Waals surface area contributed by atoms with Crippen LogP contribution in [0.2, 0.25) is 0 Å². The number of fused-ring (bicyclic) bond motifs is 1. The van der Waals surface area contributed by atoms with Crippen molar-refractivity contribution in [1.29, 1.82) is 0 Å². The van der Waals surface area contributed by atoms with Gasteiger partial charge in [-0.05, 0) is 5.92 Å². The second-order valence-corrected chi connectivity index (χ2v) is 5.66. The Morgan fingerprint density at radius 3 is 2.56 bits per heavy atom. The summed E-state index contributed by atoms with van der Waals surface area (Å²) in [6.45, 7) is 4.23. The first-order valence-electron chi connectivity index (χ1n) is 5.70. The summed E-state index contributed by atoms with van der Waals surface area (Å²) in [6, 6.07) is 0. The van der Waals surface area contributed by atoms with Gasteiger partial charge in [-0.25, -0.2) is 9.78 Å². The van der Waals surface area contributed by atoms with Crippen molar-refractivity contribution in [2.24, 2.45) is 20.0 Å². The van der Waals surface area contributed by atoms with Gasteiger partial charge in [0.2, 0.25) is 0 Å². The number of nitrogens with one attached hydrogen (secondary N) is 1. The molecule has 0 radical (unpaired) electrons. The van der Waals surface area contributed by atoms with Gasteiger partial charge in [-0.2, -0.15) is 0 Å². The number of aromatic amines is 1. The Labute approximate surface area is 108 Å². The van der Waals surface area contributed by atoms with Gasteiger partial charge in [0.25, 0.3) is 5.56 Å². The number of thioether (sulfide) groups is 1. The van der Waals surface area contributed by atoms with E-state index >= 15 is 0 Å². The summed E-state index contributed by atoms with van der Waals surface area (Å²) in [6.07, 6.45) is 0.